The first kappa shape index (κ1) is 15.4. The van der Waals surface area contributed by atoms with Gasteiger partial charge in [0.15, 0.2) is 0 Å². The summed E-state index contributed by atoms with van der Waals surface area (Å²) in [6, 6.07) is 7.62. The van der Waals surface area contributed by atoms with Crippen LogP contribution in [0.1, 0.15) is 40.7 Å². The van der Waals surface area contributed by atoms with Crippen molar-refractivity contribution in [2.75, 3.05) is 11.1 Å². The van der Waals surface area contributed by atoms with Crippen molar-refractivity contribution in [2.24, 2.45) is 0 Å². The fourth-order valence-corrected chi connectivity index (χ4v) is 3.28. The molecule has 0 bridgehead atoms. The van der Waals surface area contributed by atoms with E-state index in [0.29, 0.717) is 22.3 Å². The average molecular weight is 326 g/mol. The number of thiophene rings is 1. The minimum absolute atomic E-state index is 0.251. The highest BCUT2D eigenvalue weighted by Gasteiger charge is 2.18. The van der Waals surface area contributed by atoms with Gasteiger partial charge in [0.2, 0.25) is 0 Å². The first-order valence-electron chi connectivity index (χ1n) is 7.39. The van der Waals surface area contributed by atoms with E-state index in [2.05, 4.69) is 29.1 Å². The Labute approximate surface area is 138 Å². The van der Waals surface area contributed by atoms with Gasteiger partial charge in [-0.1, -0.05) is 19.9 Å². The first-order chi connectivity index (χ1) is 11.0. The lowest BCUT2D eigenvalue weighted by atomic mass is 10.1. The molecule has 0 aliphatic heterocycles. The zero-order valence-corrected chi connectivity index (χ0v) is 14.1. The van der Waals surface area contributed by atoms with Crippen molar-refractivity contribution in [3.63, 3.8) is 0 Å². The number of carbonyl (C=O) groups excluding carboxylic acids is 1. The molecule has 0 fully saturated rings. The molecule has 5 nitrogen and oxygen atoms in total. The summed E-state index contributed by atoms with van der Waals surface area (Å²) in [6.45, 7) is 6.07. The Morgan fingerprint density at radius 1 is 1.30 bits per heavy atom. The summed E-state index contributed by atoms with van der Waals surface area (Å²) in [7, 11) is 0. The summed E-state index contributed by atoms with van der Waals surface area (Å²) < 4.78 is 0. The second-order valence-electron chi connectivity index (χ2n) is 5.71. The molecule has 0 spiro atoms. The highest BCUT2D eigenvalue weighted by molar-refractivity contribution is 7.21. The number of anilines is 2. The lowest BCUT2D eigenvalue weighted by Gasteiger charge is -2.05. The highest BCUT2D eigenvalue weighted by atomic mass is 32.1. The lowest BCUT2D eigenvalue weighted by Crippen LogP contribution is -2.13. The molecule has 3 aromatic heterocycles. The number of carbonyl (C=O) groups is 1. The van der Waals surface area contributed by atoms with Gasteiger partial charge in [-0.2, -0.15) is 0 Å². The zero-order valence-electron chi connectivity index (χ0n) is 13.3. The number of nitrogens with two attached hydrogens (primary N) is 1. The molecule has 0 saturated carbocycles. The summed E-state index contributed by atoms with van der Waals surface area (Å²) in [4.78, 5) is 22.6. The largest absolute Gasteiger partial charge is 0.397 e. The van der Waals surface area contributed by atoms with Crippen LogP contribution in [-0.4, -0.2) is 15.9 Å². The summed E-state index contributed by atoms with van der Waals surface area (Å²) in [5.74, 6) is 0.625. The summed E-state index contributed by atoms with van der Waals surface area (Å²) in [5, 5.41) is 3.64. The van der Waals surface area contributed by atoms with Crippen LogP contribution in [0.4, 0.5) is 11.5 Å². The van der Waals surface area contributed by atoms with Crippen molar-refractivity contribution >= 4 is 39.0 Å². The van der Waals surface area contributed by atoms with Crippen LogP contribution in [0.25, 0.3) is 10.2 Å². The van der Waals surface area contributed by atoms with Crippen molar-refractivity contribution in [1.29, 1.82) is 0 Å². The molecule has 0 unspecified atom stereocenters. The Hall–Kier alpha value is -2.47. The molecule has 0 aromatic carbocycles. The van der Waals surface area contributed by atoms with Crippen molar-refractivity contribution in [3.8, 4) is 0 Å². The molecular formula is C17H18N4OS. The number of pyridine rings is 2. The van der Waals surface area contributed by atoms with Gasteiger partial charge in [-0.05, 0) is 36.6 Å². The van der Waals surface area contributed by atoms with Gasteiger partial charge in [-0.15, -0.1) is 11.3 Å². The van der Waals surface area contributed by atoms with Crippen LogP contribution in [0.3, 0.4) is 0 Å². The third-order valence-corrected chi connectivity index (χ3v) is 4.77. The number of hydrogen-bond acceptors (Lipinski definition) is 5. The predicted octanol–water partition coefficient (Wildman–Crippen LogP) is 3.96. The molecule has 3 rings (SSSR count). The number of amides is 1. The molecule has 6 heteroatoms. The number of fused-ring (bicyclic) bond motifs is 1. The summed E-state index contributed by atoms with van der Waals surface area (Å²) in [5.41, 5.74) is 8.51. The predicted molar refractivity (Wildman–Crippen MR) is 95.0 cm³/mol. The minimum atomic E-state index is -0.251. The van der Waals surface area contributed by atoms with Crippen molar-refractivity contribution in [1.82, 2.24) is 9.97 Å². The molecule has 0 atom stereocenters. The standard InChI is InChI=1S/C17H18N4OS/c1-9(2)12-7-6-11-13(18)14(23-17(11)20-12)16(22)21-15-10(3)5-4-8-19-15/h4-9H,18H2,1-3H3,(H,19,21,22). The quantitative estimate of drug-likeness (QED) is 0.763. The van der Waals surface area contributed by atoms with Gasteiger partial charge < -0.3 is 11.1 Å². The summed E-state index contributed by atoms with van der Waals surface area (Å²) >= 11 is 1.31. The van der Waals surface area contributed by atoms with Gasteiger partial charge in [0, 0.05) is 17.3 Å². The lowest BCUT2D eigenvalue weighted by molar-refractivity contribution is 0.103. The van der Waals surface area contributed by atoms with Gasteiger partial charge in [0.25, 0.3) is 5.91 Å². The Morgan fingerprint density at radius 3 is 2.78 bits per heavy atom. The maximum absolute atomic E-state index is 12.5. The van der Waals surface area contributed by atoms with Crippen LogP contribution < -0.4 is 11.1 Å². The number of aryl methyl sites for hydroxylation is 1. The van der Waals surface area contributed by atoms with Crippen molar-refractivity contribution < 1.29 is 4.79 Å². The molecule has 0 aliphatic rings. The second kappa shape index (κ2) is 5.96. The van der Waals surface area contributed by atoms with E-state index in [-0.39, 0.29) is 5.91 Å². The Balaban J connectivity index is 1.97. The first-order valence-corrected chi connectivity index (χ1v) is 8.21. The monoisotopic (exact) mass is 326 g/mol. The molecular weight excluding hydrogens is 308 g/mol. The van der Waals surface area contributed by atoms with Gasteiger partial charge >= 0.3 is 0 Å². The van der Waals surface area contributed by atoms with E-state index in [9.17, 15) is 4.79 Å². The normalized spacial score (nSPS) is 11.1. The molecule has 0 saturated heterocycles. The van der Waals surface area contributed by atoms with E-state index < -0.39 is 0 Å². The fourth-order valence-electron chi connectivity index (χ4n) is 2.28. The molecule has 118 valence electrons. The Morgan fingerprint density at radius 2 is 2.09 bits per heavy atom. The van der Waals surface area contributed by atoms with Gasteiger partial charge in [-0.25, -0.2) is 9.97 Å². The number of nitrogens with zero attached hydrogens (tertiary/aromatic N) is 2. The minimum Gasteiger partial charge on any atom is -0.397 e. The maximum Gasteiger partial charge on any atom is 0.269 e. The fraction of sp³-hybridized carbons (Fsp3) is 0.235. The topological polar surface area (TPSA) is 80.9 Å². The molecule has 0 aliphatic carbocycles. The van der Waals surface area contributed by atoms with Crippen molar-refractivity contribution in [2.45, 2.75) is 26.7 Å². The number of nitrogens with one attached hydrogen (secondary N) is 1. The SMILES string of the molecule is Cc1cccnc1NC(=O)c1sc2nc(C(C)C)ccc2c1N. The zero-order chi connectivity index (χ0) is 16.6. The Kier molecular flexibility index (Phi) is 4.00. The van der Waals surface area contributed by atoms with E-state index in [4.69, 9.17) is 5.73 Å². The van der Waals surface area contributed by atoms with Gasteiger partial charge in [0.05, 0.1) is 5.69 Å². The van der Waals surface area contributed by atoms with Crippen molar-refractivity contribution in [3.05, 3.63) is 46.6 Å². The molecule has 3 aromatic rings. The van der Waals surface area contributed by atoms with E-state index in [1.54, 1.807) is 6.20 Å². The summed E-state index contributed by atoms with van der Waals surface area (Å²) in [6.07, 6.45) is 1.65. The molecule has 1 amide bonds. The van der Waals surface area contributed by atoms with Gasteiger partial charge in [0.1, 0.15) is 15.5 Å². The van der Waals surface area contributed by atoms with Crippen LogP contribution in [0.2, 0.25) is 0 Å². The smallest absolute Gasteiger partial charge is 0.269 e. The number of nitrogen functional groups attached to an aromatic ring is 1. The second-order valence-corrected chi connectivity index (χ2v) is 6.71. The van der Waals surface area contributed by atoms with Crippen LogP contribution in [0.5, 0.6) is 0 Å². The van der Waals surface area contributed by atoms with E-state index in [0.717, 1.165) is 21.5 Å². The third-order valence-electron chi connectivity index (χ3n) is 3.65. The third kappa shape index (κ3) is 2.90. The molecule has 3 heterocycles. The number of aromatic nitrogens is 2. The van der Waals surface area contributed by atoms with Gasteiger partial charge in [-0.3, -0.25) is 4.79 Å². The highest BCUT2D eigenvalue weighted by Crippen LogP contribution is 2.34. The van der Waals surface area contributed by atoms with E-state index in [1.807, 2.05) is 31.2 Å². The number of rotatable bonds is 3. The van der Waals surface area contributed by atoms with E-state index >= 15 is 0 Å². The average Bonchev–Trinajstić information content (AvgIpc) is 2.86. The Bertz CT molecular complexity index is 885. The van der Waals surface area contributed by atoms with Crippen LogP contribution in [0, 0.1) is 6.92 Å². The van der Waals surface area contributed by atoms with Crippen LogP contribution in [-0.2, 0) is 0 Å². The number of hydrogen-bond donors (Lipinski definition) is 2. The van der Waals surface area contributed by atoms with Crippen LogP contribution in [0.15, 0.2) is 30.5 Å². The molecule has 0 radical (unpaired) electrons. The van der Waals surface area contributed by atoms with E-state index in [1.165, 1.54) is 11.3 Å². The van der Waals surface area contributed by atoms with Crippen LogP contribution >= 0.6 is 11.3 Å². The maximum atomic E-state index is 12.5. The molecule has 23 heavy (non-hydrogen) atoms. The molecule has 3 N–H and O–H groups in total.